The van der Waals surface area contributed by atoms with Crippen molar-refractivity contribution in [3.8, 4) is 11.4 Å². The first kappa shape index (κ1) is 13.3. The maximum Gasteiger partial charge on any atom is 0.181 e. The van der Waals surface area contributed by atoms with Crippen LogP contribution in [0.3, 0.4) is 0 Å². The highest BCUT2D eigenvalue weighted by Crippen LogP contribution is 2.36. The minimum Gasteiger partial charge on any atom is -0.262 e. The third kappa shape index (κ3) is 2.47. The number of benzene rings is 1. The van der Waals surface area contributed by atoms with E-state index in [-0.39, 0.29) is 5.82 Å². The molecule has 2 atom stereocenters. The van der Waals surface area contributed by atoms with Gasteiger partial charge in [-0.25, -0.2) is 9.37 Å². The molecular weight excluding hydrogens is 253 g/mol. The monoisotopic (exact) mass is 273 g/mol. The van der Waals surface area contributed by atoms with Gasteiger partial charge in [0, 0.05) is 11.5 Å². The number of hydrogen-bond acceptors (Lipinski definition) is 2. The summed E-state index contributed by atoms with van der Waals surface area (Å²) in [6, 6.07) is 5.01. The molecule has 3 nitrogen and oxygen atoms in total. The number of H-pyrrole nitrogens is 1. The zero-order valence-electron chi connectivity index (χ0n) is 12.0. The van der Waals surface area contributed by atoms with Gasteiger partial charge in [-0.05, 0) is 43.0 Å². The number of nitrogens with zero attached hydrogens (tertiary/aromatic N) is 2. The van der Waals surface area contributed by atoms with Crippen LogP contribution in [0.4, 0.5) is 4.39 Å². The molecule has 0 radical (unpaired) electrons. The van der Waals surface area contributed by atoms with Gasteiger partial charge in [0.15, 0.2) is 5.82 Å². The normalized spacial score (nSPS) is 22.9. The largest absolute Gasteiger partial charge is 0.262 e. The molecule has 0 bridgehead atoms. The van der Waals surface area contributed by atoms with Gasteiger partial charge >= 0.3 is 0 Å². The van der Waals surface area contributed by atoms with Crippen LogP contribution in [0.2, 0.25) is 0 Å². The second kappa shape index (κ2) is 5.35. The lowest BCUT2D eigenvalue weighted by atomic mass is 9.80. The first-order chi connectivity index (χ1) is 9.65. The van der Waals surface area contributed by atoms with E-state index in [0.29, 0.717) is 23.2 Å². The van der Waals surface area contributed by atoms with E-state index >= 15 is 0 Å². The van der Waals surface area contributed by atoms with Gasteiger partial charge in [-0.15, -0.1) is 0 Å². The molecular formula is C16H20FN3. The van der Waals surface area contributed by atoms with Crippen molar-refractivity contribution < 1.29 is 4.39 Å². The van der Waals surface area contributed by atoms with Gasteiger partial charge in [-0.1, -0.05) is 26.2 Å². The van der Waals surface area contributed by atoms with Crippen LogP contribution in [-0.2, 0) is 0 Å². The van der Waals surface area contributed by atoms with E-state index in [0.717, 1.165) is 11.4 Å². The van der Waals surface area contributed by atoms with Crippen molar-refractivity contribution in [2.75, 3.05) is 0 Å². The molecule has 1 N–H and O–H groups in total. The zero-order valence-corrected chi connectivity index (χ0v) is 12.0. The van der Waals surface area contributed by atoms with Gasteiger partial charge in [0.1, 0.15) is 11.6 Å². The smallest absolute Gasteiger partial charge is 0.181 e. The van der Waals surface area contributed by atoms with E-state index < -0.39 is 0 Å². The highest BCUT2D eigenvalue weighted by atomic mass is 19.1. The molecule has 0 amide bonds. The summed E-state index contributed by atoms with van der Waals surface area (Å²) in [5.74, 6) is 2.59. The fourth-order valence-electron chi connectivity index (χ4n) is 3.08. The molecule has 0 spiro atoms. The summed E-state index contributed by atoms with van der Waals surface area (Å²) in [7, 11) is 0. The molecule has 20 heavy (non-hydrogen) atoms. The maximum absolute atomic E-state index is 13.3. The molecule has 1 fully saturated rings. The highest BCUT2D eigenvalue weighted by molar-refractivity contribution is 5.55. The molecule has 1 aromatic carbocycles. The van der Waals surface area contributed by atoms with E-state index in [4.69, 9.17) is 0 Å². The summed E-state index contributed by atoms with van der Waals surface area (Å²) in [6.07, 6.45) is 5.02. The van der Waals surface area contributed by atoms with Crippen LogP contribution < -0.4 is 0 Å². The van der Waals surface area contributed by atoms with Gasteiger partial charge in [0.25, 0.3) is 0 Å². The predicted octanol–water partition coefficient (Wildman–Crippen LogP) is 4.21. The average Bonchev–Trinajstić information content (AvgIpc) is 2.92. The Balaban J connectivity index is 1.87. The van der Waals surface area contributed by atoms with Crippen LogP contribution in [0.25, 0.3) is 11.4 Å². The van der Waals surface area contributed by atoms with Crippen molar-refractivity contribution in [2.24, 2.45) is 5.92 Å². The van der Waals surface area contributed by atoms with Crippen LogP contribution in [0.1, 0.15) is 49.9 Å². The lowest BCUT2D eigenvalue weighted by Gasteiger charge is -2.26. The van der Waals surface area contributed by atoms with Gasteiger partial charge < -0.3 is 0 Å². The van der Waals surface area contributed by atoms with Gasteiger partial charge in [-0.3, -0.25) is 5.10 Å². The lowest BCUT2D eigenvalue weighted by Crippen LogP contribution is -2.16. The molecule has 106 valence electrons. The Hall–Kier alpha value is -1.71. The van der Waals surface area contributed by atoms with Crippen LogP contribution in [-0.4, -0.2) is 15.2 Å². The first-order valence-corrected chi connectivity index (χ1v) is 7.34. The third-order valence-corrected chi connectivity index (χ3v) is 4.38. The molecule has 0 unspecified atom stereocenters. The molecule has 0 saturated heterocycles. The predicted molar refractivity (Wildman–Crippen MR) is 76.9 cm³/mol. The summed E-state index contributed by atoms with van der Waals surface area (Å²) >= 11 is 0. The number of aryl methyl sites for hydroxylation is 1. The van der Waals surface area contributed by atoms with Gasteiger partial charge in [0.05, 0.1) is 0 Å². The average molecular weight is 273 g/mol. The second-order valence-electron chi connectivity index (χ2n) is 5.88. The van der Waals surface area contributed by atoms with E-state index in [1.165, 1.54) is 31.7 Å². The number of nitrogens with one attached hydrogen (secondary N) is 1. The standard InChI is InChI=1S/C16H20FN3/c1-10-5-3-4-6-13(10)16-18-15(19-20-16)12-7-8-14(17)11(2)9-12/h7-10,13H,3-6H2,1-2H3,(H,18,19,20)/t10-,13-/m1/s1. The van der Waals surface area contributed by atoms with Gasteiger partial charge in [0.2, 0.25) is 0 Å². The number of aromatic nitrogens is 3. The third-order valence-electron chi connectivity index (χ3n) is 4.38. The SMILES string of the molecule is Cc1cc(-c2n[nH]c([C@@H]3CCCC[C@H]3C)n2)ccc1F. The highest BCUT2D eigenvalue weighted by Gasteiger charge is 2.25. The Morgan fingerprint density at radius 3 is 2.80 bits per heavy atom. The molecule has 4 heteroatoms. The molecule has 1 aromatic heterocycles. The van der Waals surface area contributed by atoms with Crippen LogP contribution in [0.5, 0.6) is 0 Å². The van der Waals surface area contributed by atoms with E-state index in [1.54, 1.807) is 19.1 Å². The Morgan fingerprint density at radius 1 is 1.25 bits per heavy atom. The summed E-state index contributed by atoms with van der Waals surface area (Å²) in [6.45, 7) is 4.05. The van der Waals surface area contributed by atoms with Crippen molar-refractivity contribution in [2.45, 2.75) is 45.4 Å². The zero-order chi connectivity index (χ0) is 14.1. The number of aromatic amines is 1. The summed E-state index contributed by atoms with van der Waals surface area (Å²) in [5, 5.41) is 7.39. The van der Waals surface area contributed by atoms with E-state index in [1.807, 2.05) is 0 Å². The number of hydrogen-bond donors (Lipinski definition) is 1. The molecule has 1 aliphatic rings. The fraction of sp³-hybridized carbons (Fsp3) is 0.500. The Kier molecular flexibility index (Phi) is 3.55. The Labute approximate surface area is 118 Å². The maximum atomic E-state index is 13.3. The fourth-order valence-corrected chi connectivity index (χ4v) is 3.08. The topological polar surface area (TPSA) is 41.6 Å². The van der Waals surface area contributed by atoms with E-state index in [9.17, 15) is 4.39 Å². The summed E-state index contributed by atoms with van der Waals surface area (Å²) in [4.78, 5) is 4.64. The van der Waals surface area contributed by atoms with Crippen molar-refractivity contribution in [3.63, 3.8) is 0 Å². The van der Waals surface area contributed by atoms with E-state index in [2.05, 4.69) is 22.1 Å². The first-order valence-electron chi connectivity index (χ1n) is 7.34. The molecule has 1 saturated carbocycles. The van der Waals surface area contributed by atoms with Crippen molar-refractivity contribution in [1.29, 1.82) is 0 Å². The van der Waals surface area contributed by atoms with Crippen LogP contribution >= 0.6 is 0 Å². The quantitative estimate of drug-likeness (QED) is 0.890. The lowest BCUT2D eigenvalue weighted by molar-refractivity contribution is 0.320. The van der Waals surface area contributed by atoms with Gasteiger partial charge in [-0.2, -0.15) is 5.10 Å². The molecule has 3 rings (SSSR count). The summed E-state index contributed by atoms with van der Waals surface area (Å²) < 4.78 is 13.3. The van der Waals surface area contributed by atoms with Crippen molar-refractivity contribution >= 4 is 0 Å². The minimum absolute atomic E-state index is 0.189. The molecule has 1 aliphatic carbocycles. The Morgan fingerprint density at radius 2 is 2.05 bits per heavy atom. The van der Waals surface area contributed by atoms with Crippen molar-refractivity contribution in [3.05, 3.63) is 35.4 Å². The van der Waals surface area contributed by atoms with Crippen molar-refractivity contribution in [1.82, 2.24) is 15.2 Å². The van der Waals surface area contributed by atoms with Crippen LogP contribution in [0.15, 0.2) is 18.2 Å². The number of halogens is 1. The Bertz CT molecular complexity index is 606. The minimum atomic E-state index is -0.189. The molecule has 1 heterocycles. The number of rotatable bonds is 2. The summed E-state index contributed by atoms with van der Waals surface area (Å²) in [5.41, 5.74) is 1.50. The molecule has 0 aliphatic heterocycles. The van der Waals surface area contributed by atoms with Crippen LogP contribution in [0, 0.1) is 18.7 Å². The molecule has 2 aromatic rings. The second-order valence-corrected chi connectivity index (χ2v) is 5.88.